The Labute approximate surface area is 138 Å². The van der Waals surface area contributed by atoms with Crippen molar-refractivity contribution in [2.45, 2.75) is 13.0 Å². The molecule has 2 N–H and O–H groups in total. The van der Waals surface area contributed by atoms with Crippen LogP contribution >= 0.6 is 0 Å². The maximum Gasteiger partial charge on any atom is 0.356 e. The number of carboxylic acids is 1. The van der Waals surface area contributed by atoms with Crippen molar-refractivity contribution in [1.82, 2.24) is 14.7 Å². The summed E-state index contributed by atoms with van der Waals surface area (Å²) in [6.07, 6.45) is 0.567. The van der Waals surface area contributed by atoms with E-state index in [9.17, 15) is 14.7 Å². The molecule has 8 nitrogen and oxygen atoms in total. The van der Waals surface area contributed by atoms with Crippen LogP contribution < -0.4 is 10.1 Å². The molecule has 0 fully saturated rings. The first-order valence-corrected chi connectivity index (χ1v) is 7.47. The largest absolute Gasteiger partial charge is 0.497 e. The molecule has 0 atom stereocenters. The second-order valence-electron chi connectivity index (χ2n) is 5.54. The number of ether oxygens (including phenoxy) is 1. The van der Waals surface area contributed by atoms with E-state index in [1.54, 1.807) is 48.0 Å². The van der Waals surface area contributed by atoms with Gasteiger partial charge >= 0.3 is 12.0 Å². The van der Waals surface area contributed by atoms with Crippen LogP contribution in [0.1, 0.15) is 21.7 Å². The minimum absolute atomic E-state index is 0.00591. The highest BCUT2D eigenvalue weighted by Gasteiger charge is 2.29. The summed E-state index contributed by atoms with van der Waals surface area (Å²) in [6.45, 7) is 0.724. The Morgan fingerprint density at radius 2 is 2.17 bits per heavy atom. The van der Waals surface area contributed by atoms with Crippen molar-refractivity contribution in [3.8, 4) is 5.75 Å². The molecule has 1 aromatic heterocycles. The molecule has 8 heteroatoms. The molecule has 0 saturated heterocycles. The van der Waals surface area contributed by atoms with Gasteiger partial charge in [-0.25, -0.2) is 9.59 Å². The number of fused-ring (bicyclic) bond motifs is 1. The van der Waals surface area contributed by atoms with E-state index in [1.807, 2.05) is 0 Å². The fourth-order valence-electron chi connectivity index (χ4n) is 2.84. The summed E-state index contributed by atoms with van der Waals surface area (Å²) < 4.78 is 6.71. The van der Waals surface area contributed by atoms with Gasteiger partial charge < -0.3 is 20.1 Å². The number of hydrogen-bond donors (Lipinski definition) is 2. The molecule has 126 valence electrons. The van der Waals surface area contributed by atoms with Gasteiger partial charge in [-0.1, -0.05) is 6.07 Å². The Balaban J connectivity index is 1.77. The summed E-state index contributed by atoms with van der Waals surface area (Å²) in [5, 5.41) is 16.1. The van der Waals surface area contributed by atoms with E-state index in [1.165, 1.54) is 0 Å². The number of carbonyl (C=O) groups is 2. The van der Waals surface area contributed by atoms with E-state index in [0.29, 0.717) is 30.0 Å². The number of amides is 2. The third-order valence-corrected chi connectivity index (χ3v) is 4.05. The maximum absolute atomic E-state index is 12.5. The van der Waals surface area contributed by atoms with Gasteiger partial charge in [0.15, 0.2) is 5.69 Å². The highest BCUT2D eigenvalue weighted by molar-refractivity contribution is 5.91. The van der Waals surface area contributed by atoms with Gasteiger partial charge in [-0.3, -0.25) is 4.68 Å². The minimum Gasteiger partial charge on any atom is -0.497 e. The number of carboxylic acid groups (broad SMARTS) is 1. The van der Waals surface area contributed by atoms with Crippen LogP contribution in [0.2, 0.25) is 0 Å². The fraction of sp³-hybridized carbons (Fsp3) is 0.312. The molecule has 1 aliphatic rings. The van der Waals surface area contributed by atoms with Crippen molar-refractivity contribution in [1.29, 1.82) is 0 Å². The van der Waals surface area contributed by atoms with Crippen LogP contribution in [0.5, 0.6) is 5.75 Å². The Bertz CT molecular complexity index is 799. The smallest absolute Gasteiger partial charge is 0.356 e. The highest BCUT2D eigenvalue weighted by atomic mass is 16.5. The first-order valence-electron chi connectivity index (χ1n) is 7.47. The topological polar surface area (TPSA) is 96.7 Å². The lowest BCUT2D eigenvalue weighted by molar-refractivity contribution is 0.0687. The normalized spacial score (nSPS) is 13.3. The van der Waals surface area contributed by atoms with Crippen LogP contribution in [0, 0.1) is 0 Å². The van der Waals surface area contributed by atoms with E-state index in [0.717, 1.165) is 5.69 Å². The number of nitrogens with zero attached hydrogens (tertiary/aromatic N) is 3. The van der Waals surface area contributed by atoms with Crippen LogP contribution in [-0.4, -0.2) is 45.4 Å². The molecule has 0 saturated carbocycles. The number of urea groups is 1. The molecule has 2 heterocycles. The highest BCUT2D eigenvalue weighted by Crippen LogP contribution is 2.23. The lowest BCUT2D eigenvalue weighted by atomic mass is 10.1. The quantitative estimate of drug-likeness (QED) is 0.893. The molecular weight excluding hydrogens is 312 g/mol. The molecule has 0 radical (unpaired) electrons. The molecule has 1 aromatic carbocycles. The third-order valence-electron chi connectivity index (χ3n) is 4.05. The van der Waals surface area contributed by atoms with Crippen molar-refractivity contribution in [2.75, 3.05) is 19.0 Å². The molecule has 0 unspecified atom stereocenters. The number of aromatic nitrogens is 2. The second-order valence-corrected chi connectivity index (χ2v) is 5.54. The maximum atomic E-state index is 12.5. The number of aryl methyl sites for hydroxylation is 1. The second kappa shape index (κ2) is 6.23. The Morgan fingerprint density at radius 1 is 1.38 bits per heavy atom. The van der Waals surface area contributed by atoms with Crippen LogP contribution in [0.25, 0.3) is 0 Å². The van der Waals surface area contributed by atoms with E-state index < -0.39 is 5.97 Å². The molecular formula is C16H18N4O4. The van der Waals surface area contributed by atoms with Gasteiger partial charge in [-0.15, -0.1) is 0 Å². The van der Waals surface area contributed by atoms with Gasteiger partial charge in [0.1, 0.15) is 5.75 Å². The standard InChI is InChI=1S/C16H18N4O4/c1-19-13-6-7-20(9-12(13)14(18-19)15(21)22)16(23)17-10-4-3-5-11(8-10)24-2/h3-5,8H,6-7,9H2,1-2H3,(H,17,23)(H,21,22). The van der Waals surface area contributed by atoms with Crippen molar-refractivity contribution in [3.05, 3.63) is 41.2 Å². The van der Waals surface area contributed by atoms with Crippen molar-refractivity contribution in [3.63, 3.8) is 0 Å². The lowest BCUT2D eigenvalue weighted by Crippen LogP contribution is -2.39. The Hall–Kier alpha value is -3.03. The molecule has 0 aliphatic carbocycles. The van der Waals surface area contributed by atoms with Crippen LogP contribution in [0.15, 0.2) is 24.3 Å². The van der Waals surface area contributed by atoms with Crippen molar-refractivity contribution in [2.24, 2.45) is 7.05 Å². The Kier molecular flexibility index (Phi) is 4.11. The summed E-state index contributed by atoms with van der Waals surface area (Å²) >= 11 is 0. The summed E-state index contributed by atoms with van der Waals surface area (Å²) in [4.78, 5) is 25.4. The SMILES string of the molecule is COc1cccc(NC(=O)N2CCc3c(c(C(=O)O)nn3C)C2)c1. The monoisotopic (exact) mass is 330 g/mol. The fourth-order valence-corrected chi connectivity index (χ4v) is 2.84. The number of carbonyl (C=O) groups excluding carboxylic acids is 1. The zero-order valence-corrected chi connectivity index (χ0v) is 13.4. The van der Waals surface area contributed by atoms with Crippen LogP contribution in [-0.2, 0) is 20.0 Å². The van der Waals surface area contributed by atoms with E-state index >= 15 is 0 Å². The number of benzene rings is 1. The number of aromatic carboxylic acids is 1. The molecule has 0 spiro atoms. The number of anilines is 1. The van der Waals surface area contributed by atoms with Crippen LogP contribution in [0.3, 0.4) is 0 Å². The Morgan fingerprint density at radius 3 is 2.88 bits per heavy atom. The zero-order chi connectivity index (χ0) is 17.3. The number of methoxy groups -OCH3 is 1. The van der Waals surface area contributed by atoms with Gasteiger partial charge in [0.05, 0.1) is 13.7 Å². The molecule has 1 aliphatic heterocycles. The minimum atomic E-state index is -1.08. The first-order chi connectivity index (χ1) is 11.5. The van der Waals surface area contributed by atoms with Crippen molar-refractivity contribution < 1.29 is 19.4 Å². The molecule has 0 bridgehead atoms. The number of hydrogen-bond acceptors (Lipinski definition) is 4. The average molecular weight is 330 g/mol. The third kappa shape index (κ3) is 2.90. The van der Waals surface area contributed by atoms with Gasteiger partial charge in [0, 0.05) is 43.0 Å². The van der Waals surface area contributed by atoms with Crippen molar-refractivity contribution >= 4 is 17.7 Å². The van der Waals surface area contributed by atoms with E-state index in [2.05, 4.69) is 10.4 Å². The summed E-state index contributed by atoms with van der Waals surface area (Å²) in [6, 6.07) is 6.78. The molecule has 2 aromatic rings. The molecule has 24 heavy (non-hydrogen) atoms. The first kappa shape index (κ1) is 15.9. The van der Waals surface area contributed by atoms with Gasteiger partial charge in [-0.05, 0) is 12.1 Å². The summed E-state index contributed by atoms with van der Waals surface area (Å²) in [5.74, 6) is -0.434. The van der Waals surface area contributed by atoms with Crippen LogP contribution in [0.4, 0.5) is 10.5 Å². The predicted octanol–water partition coefficient (Wildman–Crippen LogP) is 1.72. The summed E-state index contributed by atoms with van der Waals surface area (Å²) in [5.41, 5.74) is 2.08. The van der Waals surface area contributed by atoms with Gasteiger partial charge in [-0.2, -0.15) is 5.10 Å². The number of nitrogens with one attached hydrogen (secondary N) is 1. The molecule has 2 amide bonds. The average Bonchev–Trinajstić information content (AvgIpc) is 2.91. The zero-order valence-electron chi connectivity index (χ0n) is 13.4. The summed E-state index contributed by atoms with van der Waals surface area (Å²) in [7, 11) is 3.28. The molecule has 3 rings (SSSR count). The van der Waals surface area contributed by atoms with E-state index in [4.69, 9.17) is 4.74 Å². The van der Waals surface area contributed by atoms with E-state index in [-0.39, 0.29) is 18.3 Å². The van der Waals surface area contributed by atoms with Gasteiger partial charge in [0.25, 0.3) is 0 Å². The van der Waals surface area contributed by atoms with Gasteiger partial charge in [0.2, 0.25) is 0 Å². The lowest BCUT2D eigenvalue weighted by Gasteiger charge is -2.27. The predicted molar refractivity (Wildman–Crippen MR) is 86.3 cm³/mol. The number of rotatable bonds is 3.